The number of methoxy groups -OCH3 is 1. The number of carbonyl (C=O) groups excluding carboxylic acids is 2. The highest BCUT2D eigenvalue weighted by Gasteiger charge is 2.11. The molecular weight excluding hydrogens is 220 g/mol. The molecule has 1 aromatic rings. The van der Waals surface area contributed by atoms with Crippen molar-refractivity contribution >= 4 is 11.9 Å². The van der Waals surface area contributed by atoms with E-state index in [0.29, 0.717) is 11.1 Å². The molecule has 5 nitrogen and oxygen atoms in total. The van der Waals surface area contributed by atoms with Crippen molar-refractivity contribution in [3.8, 4) is 6.07 Å². The van der Waals surface area contributed by atoms with Gasteiger partial charge < -0.3 is 10.1 Å². The third-order valence-electron chi connectivity index (χ3n) is 2.14. The summed E-state index contributed by atoms with van der Waals surface area (Å²) in [7, 11) is 1.30. The van der Waals surface area contributed by atoms with Crippen molar-refractivity contribution in [3.63, 3.8) is 0 Å². The largest absolute Gasteiger partial charge is 0.465 e. The Hall–Kier alpha value is -2.35. The third kappa shape index (κ3) is 3.61. The fraction of sp³-hybridized carbons (Fsp3) is 0.250. The van der Waals surface area contributed by atoms with Crippen LogP contribution in [0.2, 0.25) is 0 Å². The van der Waals surface area contributed by atoms with Crippen LogP contribution in [0.4, 0.5) is 0 Å². The van der Waals surface area contributed by atoms with Gasteiger partial charge in [-0.05, 0) is 11.6 Å². The first-order valence-electron chi connectivity index (χ1n) is 4.99. The standard InChI is InChI=1S/C12H12N2O3/c1-17-12(16)10-5-3-2-4-9(10)8-14-11(15)6-7-13/h2-5H,6,8H2,1H3,(H,14,15). The summed E-state index contributed by atoms with van der Waals surface area (Å²) in [5.41, 5.74) is 1.07. The number of esters is 1. The summed E-state index contributed by atoms with van der Waals surface area (Å²) in [6.07, 6.45) is -0.194. The number of nitriles is 1. The zero-order valence-electron chi connectivity index (χ0n) is 9.40. The molecule has 0 aliphatic rings. The van der Waals surface area contributed by atoms with Crippen molar-refractivity contribution in [2.45, 2.75) is 13.0 Å². The number of amides is 1. The Labute approximate surface area is 99.0 Å². The van der Waals surface area contributed by atoms with Gasteiger partial charge in [0.15, 0.2) is 0 Å². The molecule has 0 aliphatic heterocycles. The van der Waals surface area contributed by atoms with E-state index in [1.807, 2.05) is 0 Å². The van der Waals surface area contributed by atoms with Crippen LogP contribution in [0, 0.1) is 11.3 Å². The molecule has 0 aromatic heterocycles. The normalized spacial score (nSPS) is 9.18. The highest BCUT2D eigenvalue weighted by Crippen LogP contribution is 2.09. The zero-order valence-corrected chi connectivity index (χ0v) is 9.40. The van der Waals surface area contributed by atoms with Crippen molar-refractivity contribution in [2.24, 2.45) is 0 Å². The van der Waals surface area contributed by atoms with E-state index in [9.17, 15) is 9.59 Å². The van der Waals surface area contributed by atoms with Crippen LogP contribution < -0.4 is 5.32 Å². The summed E-state index contributed by atoms with van der Waals surface area (Å²) in [6, 6.07) is 8.57. The van der Waals surface area contributed by atoms with Crippen molar-refractivity contribution in [1.82, 2.24) is 5.32 Å². The molecule has 5 heteroatoms. The van der Waals surface area contributed by atoms with Crippen molar-refractivity contribution in [2.75, 3.05) is 7.11 Å². The molecule has 0 bridgehead atoms. The topological polar surface area (TPSA) is 79.2 Å². The second-order valence-electron chi connectivity index (χ2n) is 3.26. The summed E-state index contributed by atoms with van der Waals surface area (Å²) in [6.45, 7) is 0.200. The zero-order chi connectivity index (χ0) is 12.7. The van der Waals surface area contributed by atoms with Crippen LogP contribution in [0.3, 0.4) is 0 Å². The average molecular weight is 232 g/mol. The van der Waals surface area contributed by atoms with Crippen LogP contribution in [0.25, 0.3) is 0 Å². The molecule has 0 aliphatic carbocycles. The summed E-state index contributed by atoms with van der Waals surface area (Å²) in [5.74, 6) is -0.817. The van der Waals surface area contributed by atoms with Crippen molar-refractivity contribution in [3.05, 3.63) is 35.4 Å². The fourth-order valence-electron chi connectivity index (χ4n) is 1.31. The van der Waals surface area contributed by atoms with Gasteiger partial charge >= 0.3 is 5.97 Å². The molecule has 1 N–H and O–H groups in total. The summed E-state index contributed by atoms with van der Waals surface area (Å²) < 4.78 is 4.63. The van der Waals surface area contributed by atoms with E-state index in [1.54, 1.807) is 30.3 Å². The van der Waals surface area contributed by atoms with E-state index < -0.39 is 5.97 Å². The number of carbonyl (C=O) groups is 2. The van der Waals surface area contributed by atoms with Gasteiger partial charge in [0, 0.05) is 6.54 Å². The molecule has 1 amide bonds. The Morgan fingerprint density at radius 2 is 2.12 bits per heavy atom. The average Bonchev–Trinajstić information content (AvgIpc) is 2.36. The second kappa shape index (κ2) is 6.28. The van der Waals surface area contributed by atoms with Gasteiger partial charge in [0.05, 0.1) is 18.7 Å². The highest BCUT2D eigenvalue weighted by atomic mass is 16.5. The second-order valence-corrected chi connectivity index (χ2v) is 3.26. The van der Waals surface area contributed by atoms with Crippen LogP contribution >= 0.6 is 0 Å². The Morgan fingerprint density at radius 1 is 1.41 bits per heavy atom. The third-order valence-corrected chi connectivity index (χ3v) is 2.14. The van der Waals surface area contributed by atoms with Crippen molar-refractivity contribution < 1.29 is 14.3 Å². The maximum absolute atomic E-state index is 11.4. The number of ether oxygens (including phenoxy) is 1. The van der Waals surface area contributed by atoms with E-state index in [-0.39, 0.29) is 18.9 Å². The molecule has 88 valence electrons. The monoisotopic (exact) mass is 232 g/mol. The Morgan fingerprint density at radius 3 is 2.76 bits per heavy atom. The molecule has 0 atom stereocenters. The predicted octanol–water partition coefficient (Wildman–Crippen LogP) is 1.00. The lowest BCUT2D eigenvalue weighted by atomic mass is 10.1. The molecule has 0 unspecified atom stereocenters. The lowest BCUT2D eigenvalue weighted by Crippen LogP contribution is -2.23. The Bertz CT molecular complexity index is 463. The highest BCUT2D eigenvalue weighted by molar-refractivity contribution is 5.91. The van der Waals surface area contributed by atoms with E-state index >= 15 is 0 Å². The minimum atomic E-state index is -0.449. The van der Waals surface area contributed by atoms with Crippen LogP contribution in [0.1, 0.15) is 22.3 Å². The Balaban J connectivity index is 2.74. The molecule has 0 fully saturated rings. The minimum absolute atomic E-state index is 0.194. The number of benzene rings is 1. The van der Waals surface area contributed by atoms with Gasteiger partial charge in [0.1, 0.15) is 6.42 Å². The lowest BCUT2D eigenvalue weighted by molar-refractivity contribution is -0.120. The first-order valence-corrected chi connectivity index (χ1v) is 4.99. The van der Waals surface area contributed by atoms with Crippen LogP contribution in [-0.2, 0) is 16.1 Å². The number of nitrogens with one attached hydrogen (secondary N) is 1. The maximum atomic E-state index is 11.4. The molecule has 0 spiro atoms. The molecule has 1 aromatic carbocycles. The van der Waals surface area contributed by atoms with Gasteiger partial charge in [-0.1, -0.05) is 18.2 Å². The summed E-state index contributed by atoms with van der Waals surface area (Å²) in [4.78, 5) is 22.5. The van der Waals surface area contributed by atoms with Gasteiger partial charge in [-0.3, -0.25) is 4.79 Å². The molecule has 0 heterocycles. The minimum Gasteiger partial charge on any atom is -0.465 e. The summed E-state index contributed by atoms with van der Waals surface area (Å²) >= 11 is 0. The fourth-order valence-corrected chi connectivity index (χ4v) is 1.31. The smallest absolute Gasteiger partial charge is 0.338 e. The van der Waals surface area contributed by atoms with Gasteiger partial charge in [-0.15, -0.1) is 0 Å². The van der Waals surface area contributed by atoms with Crippen molar-refractivity contribution in [1.29, 1.82) is 5.26 Å². The quantitative estimate of drug-likeness (QED) is 0.785. The number of hydrogen-bond acceptors (Lipinski definition) is 4. The number of nitrogens with zero attached hydrogens (tertiary/aromatic N) is 1. The first-order chi connectivity index (χ1) is 8.19. The van der Waals surface area contributed by atoms with E-state index in [4.69, 9.17) is 5.26 Å². The molecule has 0 saturated carbocycles. The van der Waals surface area contributed by atoms with Crippen LogP contribution in [-0.4, -0.2) is 19.0 Å². The first kappa shape index (κ1) is 12.7. The van der Waals surface area contributed by atoms with Gasteiger partial charge in [0.25, 0.3) is 0 Å². The lowest BCUT2D eigenvalue weighted by Gasteiger charge is -2.08. The number of rotatable bonds is 4. The van der Waals surface area contributed by atoms with Gasteiger partial charge in [-0.25, -0.2) is 4.79 Å². The van der Waals surface area contributed by atoms with Crippen LogP contribution in [0.5, 0.6) is 0 Å². The summed E-state index contributed by atoms with van der Waals surface area (Å²) in [5, 5.41) is 10.9. The molecule has 0 saturated heterocycles. The molecular formula is C12H12N2O3. The van der Waals surface area contributed by atoms with E-state index in [1.165, 1.54) is 7.11 Å². The van der Waals surface area contributed by atoms with Gasteiger partial charge in [-0.2, -0.15) is 5.26 Å². The van der Waals surface area contributed by atoms with Gasteiger partial charge in [0.2, 0.25) is 5.91 Å². The SMILES string of the molecule is COC(=O)c1ccccc1CNC(=O)CC#N. The number of hydrogen-bond donors (Lipinski definition) is 1. The maximum Gasteiger partial charge on any atom is 0.338 e. The molecule has 17 heavy (non-hydrogen) atoms. The molecule has 1 rings (SSSR count). The predicted molar refractivity (Wildman–Crippen MR) is 59.9 cm³/mol. The molecule has 0 radical (unpaired) electrons. The Kier molecular flexibility index (Phi) is 4.70. The van der Waals surface area contributed by atoms with Crippen LogP contribution in [0.15, 0.2) is 24.3 Å². The van der Waals surface area contributed by atoms with E-state index in [0.717, 1.165) is 0 Å². The van der Waals surface area contributed by atoms with E-state index in [2.05, 4.69) is 10.1 Å².